The van der Waals surface area contributed by atoms with Crippen LogP contribution in [-0.4, -0.2) is 42.0 Å². The number of carbonyl (C=O) groups is 2. The summed E-state index contributed by atoms with van der Waals surface area (Å²) in [7, 11) is 1.61. The standard InChI is InChI=1S/C20H20N4O3S/c1-13-17(28-20(24-13)15-4-3-5-16(12-15)27-2)19(26)23-11-10-22-18(25)14-6-8-21-9-7-14/h3-9,12H,10-11H2,1-2H3,(H,22,25)(H,23,26). The van der Waals surface area contributed by atoms with Gasteiger partial charge in [-0.25, -0.2) is 4.98 Å². The molecular weight excluding hydrogens is 376 g/mol. The Balaban J connectivity index is 1.56. The Hall–Kier alpha value is -3.26. The van der Waals surface area contributed by atoms with Crippen LogP contribution < -0.4 is 15.4 Å². The Bertz CT molecular complexity index is 973. The van der Waals surface area contributed by atoms with Gasteiger partial charge in [-0.1, -0.05) is 12.1 Å². The fourth-order valence-electron chi connectivity index (χ4n) is 2.52. The number of thiazole rings is 1. The highest BCUT2D eigenvalue weighted by Gasteiger charge is 2.16. The summed E-state index contributed by atoms with van der Waals surface area (Å²) in [6.07, 6.45) is 3.12. The molecule has 28 heavy (non-hydrogen) atoms. The highest BCUT2D eigenvalue weighted by atomic mass is 32.1. The molecule has 2 heterocycles. The van der Waals surface area contributed by atoms with E-state index in [1.165, 1.54) is 11.3 Å². The molecule has 0 atom stereocenters. The molecule has 0 spiro atoms. The lowest BCUT2D eigenvalue weighted by Gasteiger charge is -2.06. The molecule has 0 bridgehead atoms. The Morgan fingerprint density at radius 2 is 1.79 bits per heavy atom. The monoisotopic (exact) mass is 396 g/mol. The van der Waals surface area contributed by atoms with Crippen LogP contribution in [0, 0.1) is 6.92 Å². The first kappa shape index (κ1) is 19.5. The Morgan fingerprint density at radius 1 is 1.07 bits per heavy atom. The van der Waals surface area contributed by atoms with Crippen LogP contribution in [0.25, 0.3) is 10.6 Å². The molecule has 1 aromatic carbocycles. The van der Waals surface area contributed by atoms with Crippen molar-refractivity contribution in [1.82, 2.24) is 20.6 Å². The fraction of sp³-hybridized carbons (Fsp3) is 0.200. The topological polar surface area (TPSA) is 93.2 Å². The molecule has 0 aliphatic rings. The number of ether oxygens (including phenoxy) is 1. The van der Waals surface area contributed by atoms with Gasteiger partial charge in [-0.2, -0.15) is 0 Å². The Kier molecular flexibility index (Phi) is 6.33. The van der Waals surface area contributed by atoms with Crippen LogP contribution >= 0.6 is 11.3 Å². The zero-order valence-electron chi connectivity index (χ0n) is 15.6. The molecule has 2 amide bonds. The summed E-state index contributed by atoms with van der Waals surface area (Å²) in [6.45, 7) is 2.45. The number of carbonyl (C=O) groups excluding carboxylic acids is 2. The maximum Gasteiger partial charge on any atom is 0.263 e. The average Bonchev–Trinajstić information content (AvgIpc) is 3.13. The number of nitrogens with one attached hydrogen (secondary N) is 2. The average molecular weight is 396 g/mol. The van der Waals surface area contributed by atoms with Crippen molar-refractivity contribution in [3.63, 3.8) is 0 Å². The number of aromatic nitrogens is 2. The largest absolute Gasteiger partial charge is 0.497 e. The molecule has 0 aliphatic heterocycles. The van der Waals surface area contributed by atoms with Gasteiger partial charge in [0, 0.05) is 36.6 Å². The quantitative estimate of drug-likeness (QED) is 0.599. The summed E-state index contributed by atoms with van der Waals surface area (Å²) in [5, 5.41) is 6.33. The van der Waals surface area contributed by atoms with Crippen molar-refractivity contribution in [2.45, 2.75) is 6.92 Å². The minimum atomic E-state index is -0.206. The lowest BCUT2D eigenvalue weighted by Crippen LogP contribution is -2.34. The van der Waals surface area contributed by atoms with Gasteiger partial charge in [0.2, 0.25) is 0 Å². The summed E-state index contributed by atoms with van der Waals surface area (Å²) in [5.74, 6) is 0.328. The van der Waals surface area contributed by atoms with E-state index in [1.807, 2.05) is 24.3 Å². The number of hydrogen-bond donors (Lipinski definition) is 2. The number of hydrogen-bond acceptors (Lipinski definition) is 6. The number of nitrogens with zero attached hydrogens (tertiary/aromatic N) is 2. The van der Waals surface area contributed by atoms with Gasteiger partial charge in [-0.3, -0.25) is 14.6 Å². The van der Waals surface area contributed by atoms with E-state index in [2.05, 4.69) is 20.6 Å². The van der Waals surface area contributed by atoms with Crippen LogP contribution in [0.4, 0.5) is 0 Å². The predicted molar refractivity (Wildman–Crippen MR) is 108 cm³/mol. The van der Waals surface area contributed by atoms with Gasteiger partial charge in [0.25, 0.3) is 11.8 Å². The first-order valence-electron chi connectivity index (χ1n) is 8.66. The second kappa shape index (κ2) is 9.09. The van der Waals surface area contributed by atoms with Crippen LogP contribution in [0.3, 0.4) is 0 Å². The van der Waals surface area contributed by atoms with E-state index < -0.39 is 0 Å². The van der Waals surface area contributed by atoms with E-state index in [1.54, 1.807) is 38.6 Å². The molecule has 2 aromatic heterocycles. The molecule has 0 radical (unpaired) electrons. The van der Waals surface area contributed by atoms with Gasteiger partial charge >= 0.3 is 0 Å². The van der Waals surface area contributed by atoms with E-state index in [4.69, 9.17) is 4.74 Å². The number of rotatable bonds is 7. The SMILES string of the molecule is COc1cccc(-c2nc(C)c(C(=O)NCCNC(=O)c3ccncc3)s2)c1. The van der Waals surface area contributed by atoms with Crippen molar-refractivity contribution in [1.29, 1.82) is 0 Å². The third kappa shape index (κ3) is 4.72. The molecule has 7 nitrogen and oxygen atoms in total. The van der Waals surface area contributed by atoms with Gasteiger partial charge in [-0.05, 0) is 31.2 Å². The molecule has 2 N–H and O–H groups in total. The molecule has 0 unspecified atom stereocenters. The van der Waals surface area contributed by atoms with Crippen LogP contribution in [-0.2, 0) is 0 Å². The zero-order valence-corrected chi connectivity index (χ0v) is 16.4. The number of amides is 2. The van der Waals surface area contributed by atoms with E-state index in [-0.39, 0.29) is 11.8 Å². The molecule has 0 saturated carbocycles. The summed E-state index contributed by atoms with van der Waals surface area (Å²) >= 11 is 1.33. The van der Waals surface area contributed by atoms with Crippen LogP contribution in [0.1, 0.15) is 25.7 Å². The molecule has 144 valence electrons. The summed E-state index contributed by atoms with van der Waals surface area (Å²) in [4.78, 5) is 33.3. The highest BCUT2D eigenvalue weighted by molar-refractivity contribution is 7.17. The number of benzene rings is 1. The first-order chi connectivity index (χ1) is 13.6. The molecule has 8 heteroatoms. The summed E-state index contributed by atoms with van der Waals surface area (Å²) in [5.41, 5.74) is 2.10. The van der Waals surface area contributed by atoms with Crippen molar-refractivity contribution in [2.24, 2.45) is 0 Å². The van der Waals surface area contributed by atoms with Crippen LogP contribution in [0.2, 0.25) is 0 Å². The molecule has 0 fully saturated rings. The smallest absolute Gasteiger partial charge is 0.263 e. The molecule has 3 aromatic rings. The molecular formula is C20H20N4O3S. The second-order valence-corrected chi connectivity index (χ2v) is 6.91. The van der Waals surface area contributed by atoms with E-state index in [0.29, 0.717) is 29.2 Å². The van der Waals surface area contributed by atoms with Crippen molar-refractivity contribution in [3.05, 3.63) is 64.9 Å². The second-order valence-electron chi connectivity index (χ2n) is 5.91. The number of methoxy groups -OCH3 is 1. The fourth-order valence-corrected chi connectivity index (χ4v) is 3.50. The van der Waals surface area contributed by atoms with Gasteiger partial charge in [0.05, 0.1) is 12.8 Å². The third-order valence-corrected chi connectivity index (χ3v) is 5.16. The normalized spacial score (nSPS) is 10.4. The summed E-state index contributed by atoms with van der Waals surface area (Å²) in [6, 6.07) is 10.8. The van der Waals surface area contributed by atoms with Gasteiger partial charge in [0.1, 0.15) is 15.6 Å². The van der Waals surface area contributed by atoms with Crippen molar-refractivity contribution < 1.29 is 14.3 Å². The summed E-state index contributed by atoms with van der Waals surface area (Å²) < 4.78 is 5.24. The number of pyridine rings is 1. The Morgan fingerprint density at radius 3 is 2.50 bits per heavy atom. The van der Waals surface area contributed by atoms with Gasteiger partial charge < -0.3 is 15.4 Å². The maximum absolute atomic E-state index is 12.5. The molecule has 0 saturated heterocycles. The van der Waals surface area contributed by atoms with Gasteiger partial charge in [-0.15, -0.1) is 11.3 Å². The van der Waals surface area contributed by atoms with Crippen LogP contribution in [0.15, 0.2) is 48.8 Å². The number of aryl methyl sites for hydroxylation is 1. The van der Waals surface area contributed by atoms with E-state index in [9.17, 15) is 9.59 Å². The van der Waals surface area contributed by atoms with Crippen LogP contribution in [0.5, 0.6) is 5.75 Å². The lowest BCUT2D eigenvalue weighted by atomic mass is 10.2. The van der Waals surface area contributed by atoms with Crippen molar-refractivity contribution in [2.75, 3.05) is 20.2 Å². The molecule has 0 aliphatic carbocycles. The maximum atomic E-state index is 12.5. The highest BCUT2D eigenvalue weighted by Crippen LogP contribution is 2.29. The van der Waals surface area contributed by atoms with E-state index >= 15 is 0 Å². The predicted octanol–water partition coefficient (Wildman–Crippen LogP) is 2.68. The van der Waals surface area contributed by atoms with Crippen molar-refractivity contribution >= 4 is 23.2 Å². The Labute approximate surface area is 166 Å². The minimum Gasteiger partial charge on any atom is -0.497 e. The zero-order chi connectivity index (χ0) is 19.9. The minimum absolute atomic E-state index is 0.203. The molecule has 3 rings (SSSR count). The lowest BCUT2D eigenvalue weighted by molar-refractivity contribution is 0.0929. The van der Waals surface area contributed by atoms with E-state index in [0.717, 1.165) is 16.3 Å². The first-order valence-corrected chi connectivity index (χ1v) is 9.48. The van der Waals surface area contributed by atoms with Gasteiger partial charge in [0.15, 0.2) is 0 Å². The van der Waals surface area contributed by atoms with Crippen molar-refractivity contribution in [3.8, 4) is 16.3 Å². The third-order valence-electron chi connectivity index (χ3n) is 3.96.